The summed E-state index contributed by atoms with van der Waals surface area (Å²) in [5, 5.41) is 4.75. The number of ether oxygens (including phenoxy) is 2. The Bertz CT molecular complexity index is 692. The first-order valence-corrected chi connectivity index (χ1v) is 8.06. The standard InChI is InChI=1S/C16H16Cl2N2O3/c1-10-7-12(23-20-10)3-2-5-21-15-13(17)8-11(9-14(15)18)16-19-4-6-22-16/h4,7-9,16H,2-3,5-6H2,1H3. The molecule has 0 N–H and O–H groups in total. The van der Waals surface area contributed by atoms with Crippen molar-refractivity contribution in [2.24, 2.45) is 4.99 Å². The molecule has 1 aromatic heterocycles. The fourth-order valence-corrected chi connectivity index (χ4v) is 2.93. The van der Waals surface area contributed by atoms with Crippen molar-refractivity contribution in [3.63, 3.8) is 0 Å². The molecule has 1 aliphatic heterocycles. The van der Waals surface area contributed by atoms with E-state index in [9.17, 15) is 0 Å². The van der Waals surface area contributed by atoms with Crippen molar-refractivity contribution >= 4 is 29.4 Å². The van der Waals surface area contributed by atoms with Crippen molar-refractivity contribution in [3.05, 3.63) is 45.3 Å². The summed E-state index contributed by atoms with van der Waals surface area (Å²) in [6, 6.07) is 5.46. The molecule has 1 aliphatic rings. The molecular weight excluding hydrogens is 339 g/mol. The Morgan fingerprint density at radius 1 is 1.26 bits per heavy atom. The molecule has 5 nitrogen and oxygen atoms in total. The van der Waals surface area contributed by atoms with E-state index in [1.165, 1.54) is 0 Å². The smallest absolute Gasteiger partial charge is 0.174 e. The first-order chi connectivity index (χ1) is 11.1. The Morgan fingerprint density at radius 2 is 2.04 bits per heavy atom. The molecule has 0 amide bonds. The highest BCUT2D eigenvalue weighted by Crippen LogP contribution is 2.37. The molecule has 2 aromatic rings. The maximum absolute atomic E-state index is 6.27. The highest BCUT2D eigenvalue weighted by atomic mass is 35.5. The number of benzene rings is 1. The zero-order chi connectivity index (χ0) is 16.2. The van der Waals surface area contributed by atoms with Crippen molar-refractivity contribution in [1.82, 2.24) is 5.16 Å². The second-order valence-corrected chi connectivity index (χ2v) is 6.03. The average Bonchev–Trinajstić information content (AvgIpc) is 3.17. The fraction of sp³-hybridized carbons (Fsp3) is 0.375. The zero-order valence-electron chi connectivity index (χ0n) is 12.6. The summed E-state index contributed by atoms with van der Waals surface area (Å²) in [5.41, 5.74) is 1.69. The summed E-state index contributed by atoms with van der Waals surface area (Å²) in [6.07, 6.45) is 2.91. The predicted octanol–water partition coefficient (Wildman–Crippen LogP) is 4.40. The monoisotopic (exact) mass is 354 g/mol. The van der Waals surface area contributed by atoms with Crippen molar-refractivity contribution in [2.45, 2.75) is 26.0 Å². The van der Waals surface area contributed by atoms with Crippen LogP contribution in [0.1, 0.15) is 29.7 Å². The fourth-order valence-electron chi connectivity index (χ4n) is 2.31. The van der Waals surface area contributed by atoms with Gasteiger partial charge in [-0.2, -0.15) is 0 Å². The lowest BCUT2D eigenvalue weighted by atomic mass is 10.2. The third-order valence-electron chi connectivity index (χ3n) is 3.37. The van der Waals surface area contributed by atoms with Gasteiger partial charge in [-0.15, -0.1) is 0 Å². The Kier molecular flexibility index (Phi) is 5.20. The summed E-state index contributed by atoms with van der Waals surface area (Å²) < 4.78 is 16.3. The molecule has 2 heterocycles. The number of aliphatic imine (C=N–C) groups is 1. The van der Waals surface area contributed by atoms with Crippen LogP contribution in [0.4, 0.5) is 0 Å². The van der Waals surface area contributed by atoms with Crippen LogP contribution in [0.15, 0.2) is 27.7 Å². The Morgan fingerprint density at radius 3 is 2.65 bits per heavy atom. The first kappa shape index (κ1) is 16.3. The third-order valence-corrected chi connectivity index (χ3v) is 3.93. The van der Waals surface area contributed by atoms with Gasteiger partial charge in [0.25, 0.3) is 0 Å². The van der Waals surface area contributed by atoms with Gasteiger partial charge >= 0.3 is 0 Å². The van der Waals surface area contributed by atoms with E-state index in [0.29, 0.717) is 29.0 Å². The van der Waals surface area contributed by atoms with Crippen LogP contribution in [0, 0.1) is 6.92 Å². The van der Waals surface area contributed by atoms with E-state index in [1.54, 1.807) is 18.3 Å². The normalized spacial score (nSPS) is 16.9. The van der Waals surface area contributed by atoms with E-state index in [4.69, 9.17) is 37.2 Å². The third kappa shape index (κ3) is 4.05. The molecule has 0 aliphatic carbocycles. The lowest BCUT2D eigenvalue weighted by Crippen LogP contribution is -2.02. The number of hydrogen-bond donors (Lipinski definition) is 0. The topological polar surface area (TPSA) is 56.9 Å². The first-order valence-electron chi connectivity index (χ1n) is 7.30. The Balaban J connectivity index is 1.58. The van der Waals surface area contributed by atoms with Gasteiger partial charge < -0.3 is 14.0 Å². The van der Waals surface area contributed by atoms with Crippen LogP contribution in [0.25, 0.3) is 0 Å². The van der Waals surface area contributed by atoms with Crippen molar-refractivity contribution in [2.75, 3.05) is 13.2 Å². The average molecular weight is 355 g/mol. The van der Waals surface area contributed by atoms with Gasteiger partial charge in [-0.25, -0.2) is 0 Å². The molecule has 7 heteroatoms. The number of hydrogen-bond acceptors (Lipinski definition) is 5. The van der Waals surface area contributed by atoms with Crippen molar-refractivity contribution in [1.29, 1.82) is 0 Å². The van der Waals surface area contributed by atoms with Gasteiger partial charge in [0.05, 0.1) is 29.0 Å². The van der Waals surface area contributed by atoms with Gasteiger partial charge in [-0.3, -0.25) is 4.99 Å². The highest BCUT2D eigenvalue weighted by Gasteiger charge is 2.18. The van der Waals surface area contributed by atoms with Crippen LogP contribution in [-0.4, -0.2) is 24.6 Å². The van der Waals surface area contributed by atoms with Gasteiger partial charge in [0.1, 0.15) is 5.76 Å². The van der Waals surface area contributed by atoms with Gasteiger partial charge in [0.15, 0.2) is 12.0 Å². The van der Waals surface area contributed by atoms with Crippen LogP contribution in [-0.2, 0) is 11.2 Å². The van der Waals surface area contributed by atoms with Gasteiger partial charge in [-0.1, -0.05) is 28.4 Å². The molecule has 0 saturated heterocycles. The summed E-state index contributed by atoms with van der Waals surface area (Å²) in [7, 11) is 0. The molecule has 23 heavy (non-hydrogen) atoms. The van der Waals surface area contributed by atoms with E-state index in [-0.39, 0.29) is 6.23 Å². The molecular formula is C16H16Cl2N2O3. The molecule has 0 saturated carbocycles. The van der Waals surface area contributed by atoms with Crippen LogP contribution < -0.4 is 4.74 Å². The minimum absolute atomic E-state index is 0.339. The van der Waals surface area contributed by atoms with Crippen LogP contribution in [0.3, 0.4) is 0 Å². The van der Waals surface area contributed by atoms with Crippen molar-refractivity contribution < 1.29 is 14.0 Å². The Labute approximate surface area is 144 Å². The van der Waals surface area contributed by atoms with E-state index in [2.05, 4.69) is 10.1 Å². The number of halogens is 2. The Hall–Kier alpha value is -1.56. The molecule has 0 spiro atoms. The molecule has 1 aromatic carbocycles. The maximum atomic E-state index is 6.27. The van der Waals surface area contributed by atoms with Gasteiger partial charge in [-0.05, 0) is 25.5 Å². The second-order valence-electron chi connectivity index (χ2n) is 5.22. The lowest BCUT2D eigenvalue weighted by molar-refractivity contribution is 0.111. The van der Waals surface area contributed by atoms with Gasteiger partial charge in [0.2, 0.25) is 0 Å². The van der Waals surface area contributed by atoms with E-state index in [1.807, 2.05) is 13.0 Å². The zero-order valence-corrected chi connectivity index (χ0v) is 14.1. The van der Waals surface area contributed by atoms with E-state index >= 15 is 0 Å². The summed E-state index contributed by atoms with van der Waals surface area (Å²) in [5.74, 6) is 1.32. The SMILES string of the molecule is Cc1cc(CCCOc2c(Cl)cc(C3N=CCO3)cc2Cl)on1. The number of rotatable bonds is 6. The number of nitrogens with zero attached hydrogens (tertiary/aromatic N) is 2. The molecule has 0 bridgehead atoms. The van der Waals surface area contributed by atoms with E-state index in [0.717, 1.165) is 29.9 Å². The molecule has 1 atom stereocenters. The largest absolute Gasteiger partial charge is 0.490 e. The molecule has 0 radical (unpaired) electrons. The highest BCUT2D eigenvalue weighted by molar-refractivity contribution is 6.37. The summed E-state index contributed by atoms with van der Waals surface area (Å²) in [4.78, 5) is 4.21. The quantitative estimate of drug-likeness (QED) is 0.721. The maximum Gasteiger partial charge on any atom is 0.174 e. The van der Waals surface area contributed by atoms with Crippen LogP contribution >= 0.6 is 23.2 Å². The second kappa shape index (κ2) is 7.34. The molecule has 0 fully saturated rings. The molecule has 1 unspecified atom stereocenters. The van der Waals surface area contributed by atoms with E-state index < -0.39 is 0 Å². The molecule has 3 rings (SSSR count). The minimum Gasteiger partial charge on any atom is -0.490 e. The van der Waals surface area contributed by atoms with Crippen molar-refractivity contribution in [3.8, 4) is 5.75 Å². The number of aromatic nitrogens is 1. The van der Waals surface area contributed by atoms with Crippen LogP contribution in [0.5, 0.6) is 5.75 Å². The number of aryl methyl sites for hydroxylation is 2. The lowest BCUT2D eigenvalue weighted by Gasteiger charge is -2.13. The molecule has 122 valence electrons. The van der Waals surface area contributed by atoms with Gasteiger partial charge in [0, 0.05) is 24.3 Å². The van der Waals surface area contributed by atoms with Crippen LogP contribution in [0.2, 0.25) is 10.0 Å². The summed E-state index contributed by atoms with van der Waals surface area (Å²) >= 11 is 12.5. The minimum atomic E-state index is -0.339. The summed E-state index contributed by atoms with van der Waals surface area (Å²) in [6.45, 7) is 2.87. The predicted molar refractivity (Wildman–Crippen MR) is 88.7 cm³/mol.